The van der Waals surface area contributed by atoms with Gasteiger partial charge in [-0.25, -0.2) is 4.79 Å². The summed E-state index contributed by atoms with van der Waals surface area (Å²) in [4.78, 5) is 27.4. The first-order valence-corrected chi connectivity index (χ1v) is 6.67. The van der Waals surface area contributed by atoms with Crippen LogP contribution < -0.4 is 5.32 Å². The zero-order valence-corrected chi connectivity index (χ0v) is 12.1. The highest BCUT2D eigenvalue weighted by atomic mass is 35.5. The van der Waals surface area contributed by atoms with Gasteiger partial charge in [-0.05, 0) is 37.3 Å². The molecule has 1 amide bonds. The minimum absolute atomic E-state index is 0.276. The van der Waals surface area contributed by atoms with Crippen LogP contribution in [0.25, 0.3) is 0 Å². The summed E-state index contributed by atoms with van der Waals surface area (Å²) in [7, 11) is 0. The highest BCUT2D eigenvalue weighted by Crippen LogP contribution is 2.16. The quantitative estimate of drug-likeness (QED) is 0.881. The summed E-state index contributed by atoms with van der Waals surface area (Å²) in [6.45, 7) is 2.06. The van der Waals surface area contributed by atoms with Gasteiger partial charge in [-0.3, -0.25) is 9.78 Å². The molecular formula is C15H13ClN2O3. The normalized spacial score (nSPS) is 10.0. The molecule has 0 saturated carbocycles. The fourth-order valence-electron chi connectivity index (χ4n) is 1.66. The smallest absolute Gasteiger partial charge is 0.338 e. The van der Waals surface area contributed by atoms with Gasteiger partial charge in [0.25, 0.3) is 5.91 Å². The van der Waals surface area contributed by atoms with E-state index in [9.17, 15) is 9.59 Å². The molecule has 0 atom stereocenters. The van der Waals surface area contributed by atoms with E-state index in [1.165, 1.54) is 18.5 Å². The average molecular weight is 305 g/mol. The van der Waals surface area contributed by atoms with Crippen molar-refractivity contribution in [1.82, 2.24) is 4.98 Å². The molecule has 21 heavy (non-hydrogen) atoms. The molecule has 5 nitrogen and oxygen atoms in total. The molecule has 1 N–H and O–H groups in total. The van der Waals surface area contributed by atoms with Crippen molar-refractivity contribution in [3.8, 4) is 0 Å². The number of esters is 1. The van der Waals surface area contributed by atoms with Gasteiger partial charge in [0, 0.05) is 18.1 Å². The standard InChI is InChI=1S/C15H13ClN2O3/c1-2-21-15(20)10-3-5-11(6-4-10)18-14(19)12-7-8-17-9-13(12)16/h3-9H,2H2,1H3,(H,18,19). The number of aromatic nitrogens is 1. The van der Waals surface area contributed by atoms with Gasteiger partial charge in [-0.1, -0.05) is 11.6 Å². The molecule has 2 rings (SSSR count). The average Bonchev–Trinajstić information content (AvgIpc) is 2.48. The van der Waals surface area contributed by atoms with Crippen molar-refractivity contribution >= 4 is 29.2 Å². The summed E-state index contributed by atoms with van der Waals surface area (Å²) in [5, 5.41) is 2.97. The Kier molecular flexibility index (Phi) is 4.90. The molecule has 0 aliphatic heterocycles. The number of nitrogens with one attached hydrogen (secondary N) is 1. The van der Waals surface area contributed by atoms with Gasteiger partial charge in [0.2, 0.25) is 0 Å². The minimum Gasteiger partial charge on any atom is -0.462 e. The van der Waals surface area contributed by atoms with Crippen molar-refractivity contribution < 1.29 is 14.3 Å². The molecule has 1 aromatic carbocycles. The first-order chi connectivity index (χ1) is 10.1. The molecular weight excluding hydrogens is 292 g/mol. The van der Waals surface area contributed by atoms with Crippen LogP contribution in [-0.4, -0.2) is 23.5 Å². The molecule has 1 heterocycles. The molecule has 2 aromatic rings. The van der Waals surface area contributed by atoms with E-state index in [0.717, 1.165) is 0 Å². The number of amides is 1. The van der Waals surface area contributed by atoms with Gasteiger partial charge in [0.15, 0.2) is 0 Å². The number of halogens is 1. The number of rotatable bonds is 4. The Hall–Kier alpha value is -2.40. The van der Waals surface area contributed by atoms with Crippen LogP contribution in [0.1, 0.15) is 27.6 Å². The number of hydrogen-bond acceptors (Lipinski definition) is 4. The highest BCUT2D eigenvalue weighted by Gasteiger charge is 2.11. The zero-order valence-electron chi connectivity index (χ0n) is 11.3. The number of pyridine rings is 1. The van der Waals surface area contributed by atoms with Crippen LogP contribution in [0.4, 0.5) is 5.69 Å². The van der Waals surface area contributed by atoms with Crippen LogP contribution in [-0.2, 0) is 4.74 Å². The van der Waals surface area contributed by atoms with Gasteiger partial charge >= 0.3 is 5.97 Å². The second-order valence-corrected chi connectivity index (χ2v) is 4.51. The van der Waals surface area contributed by atoms with Crippen molar-refractivity contribution in [3.05, 3.63) is 58.9 Å². The maximum atomic E-state index is 12.0. The monoisotopic (exact) mass is 304 g/mol. The highest BCUT2D eigenvalue weighted by molar-refractivity contribution is 6.34. The number of hydrogen-bond donors (Lipinski definition) is 1. The van der Waals surface area contributed by atoms with Gasteiger partial charge < -0.3 is 10.1 Å². The van der Waals surface area contributed by atoms with E-state index in [0.29, 0.717) is 23.4 Å². The van der Waals surface area contributed by atoms with E-state index in [1.807, 2.05) is 0 Å². The third-order valence-corrected chi connectivity index (χ3v) is 2.97. The van der Waals surface area contributed by atoms with E-state index < -0.39 is 5.97 Å². The van der Waals surface area contributed by atoms with Crippen LogP contribution in [0, 0.1) is 0 Å². The summed E-state index contributed by atoms with van der Waals surface area (Å²) in [6, 6.07) is 7.95. The lowest BCUT2D eigenvalue weighted by atomic mass is 10.2. The molecule has 0 aliphatic rings. The number of nitrogens with zero attached hydrogens (tertiary/aromatic N) is 1. The summed E-state index contributed by atoms with van der Waals surface area (Å²) >= 11 is 5.90. The molecule has 0 bridgehead atoms. The number of carbonyl (C=O) groups excluding carboxylic acids is 2. The maximum Gasteiger partial charge on any atom is 0.338 e. The lowest BCUT2D eigenvalue weighted by Gasteiger charge is -2.07. The zero-order chi connectivity index (χ0) is 15.2. The topological polar surface area (TPSA) is 68.3 Å². The number of ether oxygens (including phenoxy) is 1. The molecule has 0 spiro atoms. The Morgan fingerprint density at radius 3 is 2.57 bits per heavy atom. The summed E-state index contributed by atoms with van der Waals surface area (Å²) in [6.07, 6.45) is 2.89. The largest absolute Gasteiger partial charge is 0.462 e. The lowest BCUT2D eigenvalue weighted by Crippen LogP contribution is -2.13. The number of anilines is 1. The van der Waals surface area contributed by atoms with E-state index in [1.54, 1.807) is 31.2 Å². The Balaban J connectivity index is 2.09. The number of benzene rings is 1. The third kappa shape index (κ3) is 3.79. The van der Waals surface area contributed by atoms with Crippen LogP contribution >= 0.6 is 11.6 Å². The second kappa shape index (κ2) is 6.85. The predicted octanol–water partition coefficient (Wildman–Crippen LogP) is 3.16. The Morgan fingerprint density at radius 1 is 1.24 bits per heavy atom. The van der Waals surface area contributed by atoms with E-state index in [4.69, 9.17) is 16.3 Å². The SMILES string of the molecule is CCOC(=O)c1ccc(NC(=O)c2ccncc2Cl)cc1. The van der Waals surface area contributed by atoms with E-state index >= 15 is 0 Å². The van der Waals surface area contributed by atoms with Crippen molar-refractivity contribution in [1.29, 1.82) is 0 Å². The molecule has 0 unspecified atom stereocenters. The Bertz CT molecular complexity index is 656. The Morgan fingerprint density at radius 2 is 1.95 bits per heavy atom. The molecule has 0 aliphatic carbocycles. The van der Waals surface area contributed by atoms with Crippen LogP contribution in [0.3, 0.4) is 0 Å². The van der Waals surface area contributed by atoms with Crippen molar-refractivity contribution in [3.63, 3.8) is 0 Å². The van der Waals surface area contributed by atoms with Gasteiger partial charge in [-0.15, -0.1) is 0 Å². The van der Waals surface area contributed by atoms with Crippen LogP contribution in [0.5, 0.6) is 0 Å². The van der Waals surface area contributed by atoms with E-state index in [2.05, 4.69) is 10.3 Å². The van der Waals surface area contributed by atoms with Crippen molar-refractivity contribution in [2.45, 2.75) is 6.92 Å². The van der Waals surface area contributed by atoms with Gasteiger partial charge in [0.05, 0.1) is 22.8 Å². The maximum absolute atomic E-state index is 12.0. The van der Waals surface area contributed by atoms with Gasteiger partial charge in [-0.2, -0.15) is 0 Å². The summed E-state index contributed by atoms with van der Waals surface area (Å²) < 4.78 is 4.88. The molecule has 108 valence electrons. The van der Waals surface area contributed by atoms with Gasteiger partial charge in [0.1, 0.15) is 0 Å². The first kappa shape index (κ1) is 15.0. The summed E-state index contributed by atoms with van der Waals surface area (Å²) in [5.74, 6) is -0.737. The number of carbonyl (C=O) groups is 2. The minimum atomic E-state index is -0.396. The molecule has 1 aromatic heterocycles. The fourth-order valence-corrected chi connectivity index (χ4v) is 1.87. The first-order valence-electron chi connectivity index (χ1n) is 6.30. The second-order valence-electron chi connectivity index (χ2n) is 4.11. The summed E-state index contributed by atoms with van der Waals surface area (Å²) in [5.41, 5.74) is 1.32. The molecule has 0 fully saturated rings. The van der Waals surface area contributed by atoms with Crippen molar-refractivity contribution in [2.24, 2.45) is 0 Å². The lowest BCUT2D eigenvalue weighted by molar-refractivity contribution is 0.0526. The molecule has 0 radical (unpaired) electrons. The fraction of sp³-hybridized carbons (Fsp3) is 0.133. The van der Waals surface area contributed by atoms with E-state index in [-0.39, 0.29) is 10.9 Å². The molecule has 0 saturated heterocycles. The molecule has 6 heteroatoms. The van der Waals surface area contributed by atoms with Crippen molar-refractivity contribution in [2.75, 3.05) is 11.9 Å². The predicted molar refractivity (Wildman–Crippen MR) is 79.6 cm³/mol. The Labute approximate surface area is 126 Å². The van der Waals surface area contributed by atoms with Crippen LogP contribution in [0.2, 0.25) is 5.02 Å². The third-order valence-electron chi connectivity index (χ3n) is 2.67. The van der Waals surface area contributed by atoms with Crippen LogP contribution in [0.15, 0.2) is 42.7 Å².